The zero-order valence-corrected chi connectivity index (χ0v) is 12.3. The number of likely N-dealkylation sites (tertiary alicyclic amines) is 1. The summed E-state index contributed by atoms with van der Waals surface area (Å²) in [6, 6.07) is 0.0205. The van der Waals surface area contributed by atoms with Crippen LogP contribution in [0.3, 0.4) is 0 Å². The van der Waals surface area contributed by atoms with Gasteiger partial charge in [0.05, 0.1) is 5.02 Å². The molecule has 7 heteroatoms. The van der Waals surface area contributed by atoms with Crippen molar-refractivity contribution in [3.63, 3.8) is 0 Å². The number of amides is 1. The molecule has 1 aromatic heterocycles. The van der Waals surface area contributed by atoms with Crippen LogP contribution in [0.15, 0.2) is 12.5 Å². The largest absolute Gasteiger partial charge is 0.333 e. The van der Waals surface area contributed by atoms with Crippen LogP contribution in [0.25, 0.3) is 0 Å². The maximum Gasteiger partial charge on any atom is 0.274 e. The number of carbonyl (C=O) groups is 1. The van der Waals surface area contributed by atoms with E-state index < -0.39 is 0 Å². The average Bonchev–Trinajstić information content (AvgIpc) is 2.38. The minimum Gasteiger partial charge on any atom is -0.333 e. The van der Waals surface area contributed by atoms with Gasteiger partial charge < -0.3 is 10.6 Å². The van der Waals surface area contributed by atoms with Crippen molar-refractivity contribution in [1.82, 2.24) is 14.9 Å². The lowest BCUT2D eigenvalue weighted by Crippen LogP contribution is -2.51. The Bertz CT molecular complexity index is 441. The van der Waals surface area contributed by atoms with E-state index in [-0.39, 0.29) is 41.1 Å². The van der Waals surface area contributed by atoms with E-state index in [0.29, 0.717) is 6.54 Å². The Hall–Kier alpha value is -0.910. The third-order valence-electron chi connectivity index (χ3n) is 3.29. The molecular formula is C12H18Cl2N4O. The lowest BCUT2D eigenvalue weighted by molar-refractivity contribution is 0.0577. The van der Waals surface area contributed by atoms with Crippen LogP contribution in [0.2, 0.25) is 5.02 Å². The third kappa shape index (κ3) is 3.55. The molecule has 2 heterocycles. The molecule has 106 valence electrons. The zero-order valence-electron chi connectivity index (χ0n) is 10.8. The second-order valence-corrected chi connectivity index (χ2v) is 5.05. The number of nitrogens with two attached hydrogens (primary N) is 1. The Balaban J connectivity index is 0.00000180. The molecule has 1 amide bonds. The molecule has 5 nitrogen and oxygen atoms in total. The third-order valence-corrected chi connectivity index (χ3v) is 3.56. The van der Waals surface area contributed by atoms with Crippen molar-refractivity contribution in [3.8, 4) is 0 Å². The quantitative estimate of drug-likeness (QED) is 0.905. The Labute approximate surface area is 124 Å². The predicted octanol–water partition coefficient (Wildman–Crippen LogP) is 1.89. The molecule has 0 saturated carbocycles. The highest BCUT2D eigenvalue weighted by molar-refractivity contribution is 6.33. The van der Waals surface area contributed by atoms with Gasteiger partial charge in [0.2, 0.25) is 0 Å². The first-order valence-corrected chi connectivity index (χ1v) is 6.51. The molecule has 1 saturated heterocycles. The van der Waals surface area contributed by atoms with Gasteiger partial charge in [-0.1, -0.05) is 11.6 Å². The fraction of sp³-hybridized carbons (Fsp3) is 0.583. The van der Waals surface area contributed by atoms with E-state index in [1.807, 2.05) is 6.92 Å². The van der Waals surface area contributed by atoms with Crippen LogP contribution in [0.5, 0.6) is 0 Å². The van der Waals surface area contributed by atoms with Crippen LogP contribution in [0.4, 0.5) is 0 Å². The number of aromatic nitrogens is 2. The van der Waals surface area contributed by atoms with Gasteiger partial charge in [0, 0.05) is 24.8 Å². The van der Waals surface area contributed by atoms with Crippen molar-refractivity contribution >= 4 is 29.9 Å². The highest BCUT2D eigenvalue weighted by Crippen LogP contribution is 2.22. The van der Waals surface area contributed by atoms with Gasteiger partial charge in [0.25, 0.3) is 5.91 Å². The molecule has 0 aliphatic carbocycles. The summed E-state index contributed by atoms with van der Waals surface area (Å²) in [5, 5.41) is 0.288. The number of hydrogen-bond donors (Lipinski definition) is 1. The van der Waals surface area contributed by atoms with Gasteiger partial charge in [-0.15, -0.1) is 12.4 Å². The first-order valence-electron chi connectivity index (χ1n) is 6.13. The van der Waals surface area contributed by atoms with Crippen LogP contribution >= 0.6 is 24.0 Å². The molecule has 1 aromatic rings. The van der Waals surface area contributed by atoms with Crippen molar-refractivity contribution in [2.75, 3.05) is 6.54 Å². The van der Waals surface area contributed by atoms with Crippen molar-refractivity contribution < 1.29 is 4.79 Å². The summed E-state index contributed by atoms with van der Waals surface area (Å²) in [7, 11) is 0. The summed E-state index contributed by atoms with van der Waals surface area (Å²) < 4.78 is 0. The minimum atomic E-state index is -0.149. The molecule has 0 radical (unpaired) electrons. The number of hydrogen-bond acceptors (Lipinski definition) is 4. The fourth-order valence-electron chi connectivity index (χ4n) is 2.36. The van der Waals surface area contributed by atoms with Crippen LogP contribution in [0.1, 0.15) is 36.7 Å². The van der Waals surface area contributed by atoms with Crippen LogP contribution < -0.4 is 5.73 Å². The molecular weight excluding hydrogens is 287 g/mol. The summed E-state index contributed by atoms with van der Waals surface area (Å²) in [6.45, 7) is 2.64. The number of nitrogens with zero attached hydrogens (tertiary/aromatic N) is 3. The maximum absolute atomic E-state index is 12.4. The molecule has 2 N–H and O–H groups in total. The highest BCUT2D eigenvalue weighted by atomic mass is 35.5. The van der Waals surface area contributed by atoms with Gasteiger partial charge in [-0.3, -0.25) is 4.79 Å². The molecule has 2 unspecified atom stereocenters. The lowest BCUT2D eigenvalue weighted by atomic mass is 9.96. The molecule has 19 heavy (non-hydrogen) atoms. The van der Waals surface area contributed by atoms with Crippen LogP contribution in [-0.4, -0.2) is 39.4 Å². The first-order chi connectivity index (χ1) is 8.61. The summed E-state index contributed by atoms with van der Waals surface area (Å²) in [6.07, 6.45) is 5.81. The maximum atomic E-state index is 12.4. The normalized spacial score (nSPS) is 20.6. The van der Waals surface area contributed by atoms with E-state index in [2.05, 4.69) is 9.97 Å². The van der Waals surface area contributed by atoms with E-state index in [1.165, 1.54) is 12.5 Å². The molecule has 1 aliphatic heterocycles. The molecule has 0 bridgehead atoms. The fourth-order valence-corrected chi connectivity index (χ4v) is 2.55. The Morgan fingerprint density at radius 2 is 2.32 bits per heavy atom. The minimum absolute atomic E-state index is 0. The Morgan fingerprint density at radius 3 is 2.95 bits per heavy atom. The Morgan fingerprint density at radius 1 is 1.58 bits per heavy atom. The summed E-state index contributed by atoms with van der Waals surface area (Å²) in [4.78, 5) is 22.0. The number of carbonyl (C=O) groups excluding carboxylic acids is 1. The second kappa shape index (κ2) is 7.03. The summed E-state index contributed by atoms with van der Waals surface area (Å²) in [5.41, 5.74) is 6.21. The zero-order chi connectivity index (χ0) is 13.1. The van der Waals surface area contributed by atoms with Gasteiger partial charge in [-0.2, -0.15) is 0 Å². The van der Waals surface area contributed by atoms with Gasteiger partial charge in [0.15, 0.2) is 0 Å². The lowest BCUT2D eigenvalue weighted by Gasteiger charge is -2.37. The average molecular weight is 305 g/mol. The molecule has 0 spiro atoms. The van der Waals surface area contributed by atoms with Crippen molar-refractivity contribution in [1.29, 1.82) is 0 Å². The first kappa shape index (κ1) is 16.1. The predicted molar refractivity (Wildman–Crippen MR) is 76.6 cm³/mol. The van der Waals surface area contributed by atoms with Gasteiger partial charge in [0.1, 0.15) is 12.0 Å². The molecule has 2 rings (SSSR count). The second-order valence-electron chi connectivity index (χ2n) is 4.64. The molecule has 2 atom stereocenters. The monoisotopic (exact) mass is 304 g/mol. The van der Waals surface area contributed by atoms with Gasteiger partial charge in [-0.25, -0.2) is 9.97 Å². The number of halogens is 2. The number of rotatable bonds is 2. The smallest absolute Gasteiger partial charge is 0.274 e. The summed E-state index contributed by atoms with van der Waals surface area (Å²) in [5.74, 6) is -0.149. The van der Waals surface area contributed by atoms with E-state index in [0.717, 1.165) is 19.3 Å². The molecule has 0 aromatic carbocycles. The highest BCUT2D eigenvalue weighted by Gasteiger charge is 2.31. The van der Waals surface area contributed by atoms with Crippen molar-refractivity contribution in [2.45, 2.75) is 38.3 Å². The Kier molecular flexibility index (Phi) is 5.97. The van der Waals surface area contributed by atoms with E-state index in [1.54, 1.807) is 4.90 Å². The van der Waals surface area contributed by atoms with Crippen molar-refractivity contribution in [2.24, 2.45) is 5.73 Å². The SMILES string of the molecule is CC(N)C1CCCCN1C(=O)c1ncncc1Cl.Cl. The van der Waals surface area contributed by atoms with Crippen LogP contribution in [0, 0.1) is 0 Å². The van der Waals surface area contributed by atoms with Gasteiger partial charge >= 0.3 is 0 Å². The van der Waals surface area contributed by atoms with E-state index >= 15 is 0 Å². The summed E-state index contributed by atoms with van der Waals surface area (Å²) >= 11 is 5.96. The molecule has 1 aliphatic rings. The van der Waals surface area contributed by atoms with E-state index in [4.69, 9.17) is 17.3 Å². The standard InChI is InChI=1S/C12H17ClN4O.ClH/c1-8(14)10-4-2-3-5-17(10)12(18)11-9(13)6-15-7-16-11;/h6-8,10H,2-5,14H2,1H3;1H. The topological polar surface area (TPSA) is 72.1 Å². The number of piperidine rings is 1. The van der Waals surface area contributed by atoms with Gasteiger partial charge in [-0.05, 0) is 26.2 Å². The van der Waals surface area contributed by atoms with Crippen LogP contribution in [-0.2, 0) is 0 Å². The molecule has 1 fully saturated rings. The van der Waals surface area contributed by atoms with E-state index in [9.17, 15) is 4.79 Å². The van der Waals surface area contributed by atoms with Crippen molar-refractivity contribution in [3.05, 3.63) is 23.2 Å².